The minimum atomic E-state index is -0.322. The summed E-state index contributed by atoms with van der Waals surface area (Å²) >= 11 is 0. The summed E-state index contributed by atoms with van der Waals surface area (Å²) < 4.78 is 2.03. The molecule has 138 valence electrons. The summed E-state index contributed by atoms with van der Waals surface area (Å²) in [7, 11) is 3.61. The number of rotatable bonds is 7. The van der Waals surface area contributed by atoms with Crippen LogP contribution in [0.2, 0.25) is 0 Å². The van der Waals surface area contributed by atoms with E-state index in [1.807, 2.05) is 65.6 Å². The zero-order chi connectivity index (χ0) is 19.2. The van der Waals surface area contributed by atoms with E-state index in [1.54, 1.807) is 31.1 Å². The van der Waals surface area contributed by atoms with Crippen molar-refractivity contribution >= 4 is 17.5 Å². The maximum absolute atomic E-state index is 11.5. The molecule has 0 spiro atoms. The van der Waals surface area contributed by atoms with E-state index in [4.69, 9.17) is 0 Å². The number of allylic oxidation sites excluding steroid dienone is 1. The van der Waals surface area contributed by atoms with Crippen LogP contribution in [0.1, 0.15) is 12.0 Å². The van der Waals surface area contributed by atoms with Gasteiger partial charge < -0.3 is 9.47 Å². The number of anilines is 1. The summed E-state index contributed by atoms with van der Waals surface area (Å²) in [6, 6.07) is 15.4. The lowest BCUT2D eigenvalue weighted by Gasteiger charge is -2.13. The summed E-state index contributed by atoms with van der Waals surface area (Å²) in [5, 5.41) is 11.5. The van der Waals surface area contributed by atoms with Crippen LogP contribution in [0.5, 0.6) is 0 Å². The van der Waals surface area contributed by atoms with Crippen LogP contribution in [0.25, 0.3) is 17.3 Å². The van der Waals surface area contributed by atoms with Crippen molar-refractivity contribution < 1.29 is 4.92 Å². The van der Waals surface area contributed by atoms with Crippen LogP contribution in [0, 0.1) is 10.1 Å². The van der Waals surface area contributed by atoms with Crippen molar-refractivity contribution in [1.29, 1.82) is 0 Å². The lowest BCUT2D eigenvalue weighted by Crippen LogP contribution is -2.11. The lowest BCUT2D eigenvalue weighted by atomic mass is 10.1. The molecule has 27 heavy (non-hydrogen) atoms. The fourth-order valence-corrected chi connectivity index (χ4v) is 2.92. The minimum absolute atomic E-state index is 0.132. The van der Waals surface area contributed by atoms with Crippen LogP contribution in [-0.2, 0) is 6.54 Å². The van der Waals surface area contributed by atoms with Crippen molar-refractivity contribution in [3.63, 3.8) is 0 Å². The summed E-state index contributed by atoms with van der Waals surface area (Å²) in [5.74, 6) is 0. The van der Waals surface area contributed by atoms with Gasteiger partial charge in [0, 0.05) is 32.4 Å². The number of nitrogens with zero attached hydrogens (tertiary/aromatic N) is 4. The normalized spacial score (nSPS) is 11.0. The molecule has 0 unspecified atom stereocenters. The zero-order valence-electron chi connectivity index (χ0n) is 15.4. The average Bonchev–Trinajstić information content (AvgIpc) is 3.14. The maximum Gasteiger partial charge on any atom is 0.299 e. The number of aromatic nitrogens is 2. The fourth-order valence-electron chi connectivity index (χ4n) is 2.92. The molecular formula is C21H22N4O2. The highest BCUT2D eigenvalue weighted by Crippen LogP contribution is 2.31. The smallest absolute Gasteiger partial charge is 0.299 e. The topological polar surface area (TPSA) is 64.2 Å². The van der Waals surface area contributed by atoms with Crippen LogP contribution in [-0.4, -0.2) is 28.6 Å². The number of hydrogen-bond donors (Lipinski definition) is 0. The average molecular weight is 362 g/mol. The van der Waals surface area contributed by atoms with Crippen molar-refractivity contribution in [2.45, 2.75) is 13.0 Å². The molecule has 2 aromatic carbocycles. The summed E-state index contributed by atoms with van der Waals surface area (Å²) in [4.78, 5) is 17.3. The molecule has 0 aliphatic rings. The number of aryl methyl sites for hydroxylation is 1. The van der Waals surface area contributed by atoms with E-state index < -0.39 is 0 Å². The van der Waals surface area contributed by atoms with E-state index in [0.717, 1.165) is 24.2 Å². The predicted molar refractivity (Wildman–Crippen MR) is 109 cm³/mol. The van der Waals surface area contributed by atoms with Crippen molar-refractivity contribution in [2.24, 2.45) is 0 Å². The molecule has 0 fully saturated rings. The summed E-state index contributed by atoms with van der Waals surface area (Å²) in [6.45, 7) is 0.761. The molecular weight excluding hydrogens is 340 g/mol. The van der Waals surface area contributed by atoms with E-state index in [2.05, 4.69) is 4.98 Å². The fraction of sp³-hybridized carbons (Fsp3) is 0.190. The molecule has 0 atom stereocenters. The number of nitro groups is 1. The molecule has 0 N–H and O–H groups in total. The highest BCUT2D eigenvalue weighted by atomic mass is 16.6. The quantitative estimate of drug-likeness (QED) is 0.454. The van der Waals surface area contributed by atoms with Gasteiger partial charge in [-0.25, -0.2) is 4.98 Å². The molecule has 0 aliphatic carbocycles. The van der Waals surface area contributed by atoms with Crippen LogP contribution >= 0.6 is 0 Å². The van der Waals surface area contributed by atoms with Gasteiger partial charge in [0.1, 0.15) is 5.69 Å². The third kappa shape index (κ3) is 4.41. The second-order valence-electron chi connectivity index (χ2n) is 6.42. The molecule has 1 aromatic heterocycles. The van der Waals surface area contributed by atoms with Crippen molar-refractivity contribution in [3.05, 3.63) is 82.8 Å². The zero-order valence-corrected chi connectivity index (χ0v) is 15.4. The third-order valence-corrected chi connectivity index (χ3v) is 4.26. The van der Waals surface area contributed by atoms with Crippen LogP contribution in [0.4, 0.5) is 11.4 Å². The standard InChI is InChI=1S/C21H22N4O2/c1-23(2)20-13-8-12-18(21(20)25(26)27)11-6-7-14-24-15-19(22-16-24)17-9-4-3-5-10-17/h3-6,8-13,15-16H,7,14H2,1-2H3/b11-6+. The Hall–Kier alpha value is -3.41. The van der Waals surface area contributed by atoms with Gasteiger partial charge in [-0.3, -0.25) is 10.1 Å². The molecule has 3 aromatic rings. The summed E-state index contributed by atoms with van der Waals surface area (Å²) in [5.41, 5.74) is 3.37. The second kappa shape index (κ2) is 8.31. The van der Waals surface area contributed by atoms with Crippen LogP contribution in [0.15, 0.2) is 67.1 Å². The Kier molecular flexibility index (Phi) is 5.66. The first-order valence-electron chi connectivity index (χ1n) is 8.74. The maximum atomic E-state index is 11.5. The van der Waals surface area contributed by atoms with Gasteiger partial charge in [0.2, 0.25) is 0 Å². The van der Waals surface area contributed by atoms with Gasteiger partial charge in [0.25, 0.3) is 5.69 Å². The summed E-state index contributed by atoms with van der Waals surface area (Å²) in [6.07, 6.45) is 8.36. The molecule has 0 amide bonds. The molecule has 0 saturated heterocycles. The Morgan fingerprint density at radius 1 is 1.15 bits per heavy atom. The first kappa shape index (κ1) is 18.4. The van der Waals surface area contributed by atoms with E-state index in [-0.39, 0.29) is 10.6 Å². The lowest BCUT2D eigenvalue weighted by molar-refractivity contribution is -0.384. The Labute approximate surface area is 158 Å². The van der Waals surface area contributed by atoms with E-state index >= 15 is 0 Å². The van der Waals surface area contributed by atoms with Gasteiger partial charge in [-0.05, 0) is 18.6 Å². The van der Waals surface area contributed by atoms with Gasteiger partial charge >= 0.3 is 0 Å². The first-order valence-corrected chi connectivity index (χ1v) is 8.74. The predicted octanol–water partition coefficient (Wildman–Crippen LogP) is 4.63. The van der Waals surface area contributed by atoms with E-state index in [0.29, 0.717) is 11.3 Å². The highest BCUT2D eigenvalue weighted by molar-refractivity contribution is 5.74. The number of imidazole rings is 1. The molecule has 1 heterocycles. The van der Waals surface area contributed by atoms with Gasteiger partial charge in [-0.2, -0.15) is 0 Å². The molecule has 0 aliphatic heterocycles. The van der Waals surface area contributed by atoms with Gasteiger partial charge in [-0.15, -0.1) is 0 Å². The molecule has 6 nitrogen and oxygen atoms in total. The SMILES string of the molecule is CN(C)c1cccc(/C=C/CCn2cnc(-c3ccccc3)c2)c1[N+](=O)[O-]. The molecule has 0 radical (unpaired) electrons. The molecule has 3 rings (SSSR count). The Bertz CT molecular complexity index is 946. The number of hydrogen-bond acceptors (Lipinski definition) is 4. The highest BCUT2D eigenvalue weighted by Gasteiger charge is 2.18. The minimum Gasteiger partial charge on any atom is -0.372 e. The van der Waals surface area contributed by atoms with Crippen molar-refractivity contribution in [1.82, 2.24) is 9.55 Å². The van der Waals surface area contributed by atoms with Crippen molar-refractivity contribution in [3.8, 4) is 11.3 Å². The van der Waals surface area contributed by atoms with Crippen LogP contribution in [0.3, 0.4) is 0 Å². The molecule has 0 bridgehead atoms. The van der Waals surface area contributed by atoms with Crippen molar-refractivity contribution in [2.75, 3.05) is 19.0 Å². The number of benzene rings is 2. The van der Waals surface area contributed by atoms with Crippen LogP contribution < -0.4 is 4.90 Å². The second-order valence-corrected chi connectivity index (χ2v) is 6.42. The van der Waals surface area contributed by atoms with Gasteiger partial charge in [0.15, 0.2) is 0 Å². The Balaban J connectivity index is 1.68. The first-order chi connectivity index (χ1) is 13.1. The molecule has 0 saturated carbocycles. The Morgan fingerprint density at radius 2 is 1.93 bits per heavy atom. The third-order valence-electron chi connectivity index (χ3n) is 4.26. The van der Waals surface area contributed by atoms with Gasteiger partial charge in [-0.1, -0.05) is 48.6 Å². The largest absolute Gasteiger partial charge is 0.372 e. The number of nitro benzene ring substituents is 1. The molecule has 6 heteroatoms. The number of para-hydroxylation sites is 1. The monoisotopic (exact) mass is 362 g/mol. The van der Waals surface area contributed by atoms with Gasteiger partial charge in [0.05, 0.1) is 22.5 Å². The Morgan fingerprint density at radius 3 is 2.63 bits per heavy atom. The van der Waals surface area contributed by atoms with E-state index in [9.17, 15) is 10.1 Å². The van der Waals surface area contributed by atoms with E-state index in [1.165, 1.54) is 0 Å².